The van der Waals surface area contributed by atoms with E-state index in [1.54, 1.807) is 19.1 Å². The number of ether oxygens (including phenoxy) is 1. The molecule has 0 aliphatic rings. The minimum absolute atomic E-state index is 0.232. The molecule has 0 bridgehead atoms. The van der Waals surface area contributed by atoms with Gasteiger partial charge in [0.05, 0.1) is 19.5 Å². The molecule has 0 saturated carbocycles. The Morgan fingerprint density at radius 3 is 2.95 bits per heavy atom. The summed E-state index contributed by atoms with van der Waals surface area (Å²) in [5.74, 6) is 6.12. The fourth-order valence-electron chi connectivity index (χ4n) is 1.85. The number of nitrogens with one attached hydrogen (secondary N) is 1. The predicted molar refractivity (Wildman–Crippen MR) is 78.6 cm³/mol. The van der Waals surface area contributed by atoms with Gasteiger partial charge >= 0.3 is 0 Å². The van der Waals surface area contributed by atoms with Crippen LogP contribution in [0.2, 0.25) is 0 Å². The van der Waals surface area contributed by atoms with Crippen LogP contribution in [-0.4, -0.2) is 34.9 Å². The number of nitrogens with zero attached hydrogens (tertiary/aromatic N) is 3. The lowest BCUT2D eigenvalue weighted by atomic mass is 10.2. The number of anilines is 1. The standard InChI is InChI=1S/C14H17N5O2/c1-19(9-10-4-3-5-11(6-10)21-2)14(20)12-7-16-8-13(17-12)18-15/h3-8H,9,15H2,1-2H3,(H,17,18). The summed E-state index contributed by atoms with van der Waals surface area (Å²) in [6.07, 6.45) is 2.85. The second kappa shape index (κ2) is 6.67. The molecule has 0 saturated heterocycles. The number of carbonyl (C=O) groups excluding carboxylic acids is 1. The zero-order valence-electron chi connectivity index (χ0n) is 11.9. The van der Waals surface area contributed by atoms with Gasteiger partial charge in [0, 0.05) is 13.6 Å². The third kappa shape index (κ3) is 3.67. The van der Waals surface area contributed by atoms with Crippen LogP contribution in [0.3, 0.4) is 0 Å². The van der Waals surface area contributed by atoms with E-state index in [-0.39, 0.29) is 11.6 Å². The molecule has 21 heavy (non-hydrogen) atoms. The van der Waals surface area contributed by atoms with Gasteiger partial charge in [-0.15, -0.1) is 0 Å². The normalized spacial score (nSPS) is 10.0. The summed E-state index contributed by atoms with van der Waals surface area (Å²) in [5.41, 5.74) is 3.56. The van der Waals surface area contributed by atoms with Crippen molar-refractivity contribution in [3.8, 4) is 5.75 Å². The Hall–Kier alpha value is -2.67. The van der Waals surface area contributed by atoms with Crippen molar-refractivity contribution in [3.63, 3.8) is 0 Å². The summed E-state index contributed by atoms with van der Waals surface area (Å²) in [6.45, 7) is 0.442. The summed E-state index contributed by atoms with van der Waals surface area (Å²) in [7, 11) is 3.31. The number of hydrazine groups is 1. The topological polar surface area (TPSA) is 93.4 Å². The number of benzene rings is 1. The number of hydrogen-bond donors (Lipinski definition) is 2. The second-order valence-electron chi connectivity index (χ2n) is 4.45. The van der Waals surface area contributed by atoms with Crippen LogP contribution in [0.1, 0.15) is 16.1 Å². The maximum Gasteiger partial charge on any atom is 0.274 e. The first-order chi connectivity index (χ1) is 10.1. The number of hydrogen-bond acceptors (Lipinski definition) is 6. The summed E-state index contributed by atoms with van der Waals surface area (Å²) in [5, 5.41) is 0. The number of nitrogens with two attached hydrogens (primary N) is 1. The second-order valence-corrected chi connectivity index (χ2v) is 4.45. The van der Waals surface area contributed by atoms with Crippen LogP contribution in [0.15, 0.2) is 36.7 Å². The van der Waals surface area contributed by atoms with E-state index in [1.165, 1.54) is 12.4 Å². The lowest BCUT2D eigenvalue weighted by molar-refractivity contribution is 0.0779. The van der Waals surface area contributed by atoms with Gasteiger partial charge in [-0.25, -0.2) is 10.8 Å². The summed E-state index contributed by atoms with van der Waals surface area (Å²) >= 11 is 0. The molecule has 1 aromatic heterocycles. The number of methoxy groups -OCH3 is 1. The van der Waals surface area contributed by atoms with Gasteiger partial charge in [-0.05, 0) is 17.7 Å². The number of carbonyl (C=O) groups is 1. The first kappa shape index (κ1) is 14.7. The van der Waals surface area contributed by atoms with Crippen molar-refractivity contribution < 1.29 is 9.53 Å². The number of nitrogen functional groups attached to an aromatic ring is 1. The van der Waals surface area contributed by atoms with Crippen LogP contribution in [0.5, 0.6) is 5.75 Å². The molecule has 2 aromatic rings. The van der Waals surface area contributed by atoms with E-state index in [9.17, 15) is 4.79 Å². The summed E-state index contributed by atoms with van der Waals surface area (Å²) < 4.78 is 5.16. The molecule has 0 atom stereocenters. The first-order valence-electron chi connectivity index (χ1n) is 6.31. The minimum atomic E-state index is -0.234. The maximum absolute atomic E-state index is 12.3. The van der Waals surface area contributed by atoms with Gasteiger partial charge in [0.1, 0.15) is 11.4 Å². The molecule has 0 spiro atoms. The Morgan fingerprint density at radius 1 is 1.43 bits per heavy atom. The highest BCUT2D eigenvalue weighted by molar-refractivity contribution is 5.92. The Morgan fingerprint density at radius 2 is 2.24 bits per heavy atom. The summed E-state index contributed by atoms with van der Waals surface area (Å²) in [6, 6.07) is 7.54. The average Bonchev–Trinajstić information content (AvgIpc) is 2.54. The molecule has 0 radical (unpaired) electrons. The van der Waals surface area contributed by atoms with Crippen LogP contribution in [0, 0.1) is 0 Å². The molecule has 2 rings (SSSR count). The van der Waals surface area contributed by atoms with E-state index >= 15 is 0 Å². The van der Waals surface area contributed by atoms with E-state index in [4.69, 9.17) is 10.6 Å². The number of aromatic nitrogens is 2. The lowest BCUT2D eigenvalue weighted by Gasteiger charge is -2.17. The lowest BCUT2D eigenvalue weighted by Crippen LogP contribution is -2.27. The van der Waals surface area contributed by atoms with Crippen LogP contribution in [-0.2, 0) is 6.54 Å². The SMILES string of the molecule is COc1cccc(CN(C)C(=O)c2cncc(NN)n2)c1. The smallest absolute Gasteiger partial charge is 0.274 e. The monoisotopic (exact) mass is 287 g/mol. The van der Waals surface area contributed by atoms with Crippen LogP contribution in [0.4, 0.5) is 5.82 Å². The highest BCUT2D eigenvalue weighted by Gasteiger charge is 2.14. The molecule has 1 aromatic carbocycles. The third-order valence-electron chi connectivity index (χ3n) is 2.90. The molecule has 1 amide bonds. The molecule has 1 heterocycles. The van der Waals surface area contributed by atoms with Crippen molar-refractivity contribution in [2.75, 3.05) is 19.6 Å². The Balaban J connectivity index is 2.11. The van der Waals surface area contributed by atoms with E-state index in [1.807, 2.05) is 24.3 Å². The molecule has 0 aliphatic carbocycles. The van der Waals surface area contributed by atoms with E-state index < -0.39 is 0 Å². The molecular formula is C14H17N5O2. The van der Waals surface area contributed by atoms with Crippen molar-refractivity contribution in [2.45, 2.75) is 6.54 Å². The highest BCUT2D eigenvalue weighted by atomic mass is 16.5. The fraction of sp³-hybridized carbons (Fsp3) is 0.214. The fourth-order valence-corrected chi connectivity index (χ4v) is 1.85. The van der Waals surface area contributed by atoms with Gasteiger partial charge < -0.3 is 15.1 Å². The van der Waals surface area contributed by atoms with Crippen molar-refractivity contribution in [1.82, 2.24) is 14.9 Å². The molecule has 7 heteroatoms. The van der Waals surface area contributed by atoms with Crippen LogP contribution >= 0.6 is 0 Å². The minimum Gasteiger partial charge on any atom is -0.497 e. The Kier molecular flexibility index (Phi) is 4.68. The highest BCUT2D eigenvalue weighted by Crippen LogP contribution is 2.14. The van der Waals surface area contributed by atoms with Gasteiger partial charge in [0.15, 0.2) is 5.82 Å². The molecule has 110 valence electrons. The zero-order valence-corrected chi connectivity index (χ0v) is 11.9. The van der Waals surface area contributed by atoms with Crippen molar-refractivity contribution in [1.29, 1.82) is 0 Å². The van der Waals surface area contributed by atoms with Crippen LogP contribution in [0.25, 0.3) is 0 Å². The van der Waals surface area contributed by atoms with Gasteiger partial charge in [0.2, 0.25) is 0 Å². The van der Waals surface area contributed by atoms with Crippen molar-refractivity contribution >= 4 is 11.7 Å². The molecule has 0 aliphatic heterocycles. The molecule has 0 unspecified atom stereocenters. The maximum atomic E-state index is 12.3. The van der Waals surface area contributed by atoms with Gasteiger partial charge in [-0.3, -0.25) is 9.78 Å². The molecule has 7 nitrogen and oxygen atoms in total. The van der Waals surface area contributed by atoms with E-state index in [2.05, 4.69) is 15.4 Å². The van der Waals surface area contributed by atoms with Gasteiger partial charge in [-0.2, -0.15) is 0 Å². The van der Waals surface area contributed by atoms with Gasteiger partial charge in [-0.1, -0.05) is 12.1 Å². The number of amides is 1. The third-order valence-corrected chi connectivity index (χ3v) is 2.90. The van der Waals surface area contributed by atoms with E-state index in [0.29, 0.717) is 12.4 Å². The predicted octanol–water partition coefficient (Wildman–Crippen LogP) is 1.04. The first-order valence-corrected chi connectivity index (χ1v) is 6.31. The average molecular weight is 287 g/mol. The summed E-state index contributed by atoms with van der Waals surface area (Å²) in [4.78, 5) is 21.8. The Bertz CT molecular complexity index is 632. The van der Waals surface area contributed by atoms with Gasteiger partial charge in [0.25, 0.3) is 5.91 Å². The molecular weight excluding hydrogens is 270 g/mol. The molecule has 0 fully saturated rings. The van der Waals surface area contributed by atoms with Crippen LogP contribution < -0.4 is 16.0 Å². The quantitative estimate of drug-likeness (QED) is 0.630. The van der Waals surface area contributed by atoms with Crippen molar-refractivity contribution in [2.24, 2.45) is 5.84 Å². The number of rotatable bonds is 5. The van der Waals surface area contributed by atoms with Crippen molar-refractivity contribution in [3.05, 3.63) is 47.9 Å². The Labute approximate surface area is 122 Å². The largest absolute Gasteiger partial charge is 0.497 e. The molecule has 3 N–H and O–H groups in total. The zero-order chi connectivity index (χ0) is 15.2. The van der Waals surface area contributed by atoms with E-state index in [0.717, 1.165) is 11.3 Å².